The molecule has 20 heavy (non-hydrogen) atoms. The molecule has 0 saturated carbocycles. The number of benzene rings is 1. The fourth-order valence-electron chi connectivity index (χ4n) is 1.67. The van der Waals surface area contributed by atoms with Gasteiger partial charge in [0.15, 0.2) is 0 Å². The van der Waals surface area contributed by atoms with Crippen LogP contribution in [-0.4, -0.2) is 22.3 Å². The van der Waals surface area contributed by atoms with Gasteiger partial charge in [-0.2, -0.15) is 0 Å². The summed E-state index contributed by atoms with van der Waals surface area (Å²) in [6.07, 6.45) is 0.854. The Bertz CT molecular complexity index is 590. The predicted molar refractivity (Wildman–Crippen MR) is 86.8 cm³/mol. The average Bonchev–Trinajstić information content (AvgIpc) is 2.79. The second kappa shape index (κ2) is 6.39. The molecule has 1 heterocycles. The van der Waals surface area contributed by atoms with Crippen molar-refractivity contribution in [3.05, 3.63) is 33.3 Å². The van der Waals surface area contributed by atoms with Gasteiger partial charge >= 0.3 is 0 Å². The third-order valence-electron chi connectivity index (χ3n) is 2.62. The zero-order chi connectivity index (χ0) is 14.8. The minimum absolute atomic E-state index is 0.115. The van der Waals surface area contributed by atoms with E-state index in [4.69, 9.17) is 23.2 Å². The molecule has 0 fully saturated rings. The third kappa shape index (κ3) is 4.42. The van der Waals surface area contributed by atoms with E-state index in [-0.39, 0.29) is 5.54 Å². The van der Waals surface area contributed by atoms with Gasteiger partial charge in [0, 0.05) is 29.1 Å². The molecule has 0 radical (unpaired) electrons. The molecular formula is C14H17Cl2N3S. The summed E-state index contributed by atoms with van der Waals surface area (Å²) >= 11 is 13.7. The van der Waals surface area contributed by atoms with Gasteiger partial charge in [-0.3, -0.25) is 0 Å². The highest BCUT2D eigenvalue weighted by molar-refractivity contribution is 7.14. The highest BCUT2D eigenvalue weighted by Crippen LogP contribution is 2.32. The first-order valence-electron chi connectivity index (χ1n) is 6.38. The van der Waals surface area contributed by atoms with Crippen molar-refractivity contribution >= 4 is 34.5 Å². The monoisotopic (exact) mass is 329 g/mol. The van der Waals surface area contributed by atoms with Crippen molar-refractivity contribution < 1.29 is 0 Å². The SMILES string of the molecule is CC(C)(C)NCCc1nnc(-c2cc(Cl)ccc2Cl)s1. The fraction of sp³-hybridized carbons (Fsp3) is 0.429. The lowest BCUT2D eigenvalue weighted by atomic mass is 10.1. The molecule has 0 saturated heterocycles. The molecule has 0 aliphatic carbocycles. The first-order valence-corrected chi connectivity index (χ1v) is 7.95. The quantitative estimate of drug-likeness (QED) is 0.900. The van der Waals surface area contributed by atoms with Crippen LogP contribution >= 0.6 is 34.5 Å². The number of halogens is 2. The number of aromatic nitrogens is 2. The Balaban J connectivity index is 2.07. The van der Waals surface area contributed by atoms with Crippen molar-refractivity contribution in [2.75, 3.05) is 6.54 Å². The van der Waals surface area contributed by atoms with E-state index < -0.39 is 0 Å². The molecule has 0 unspecified atom stereocenters. The van der Waals surface area contributed by atoms with Crippen molar-refractivity contribution in [2.24, 2.45) is 0 Å². The maximum Gasteiger partial charge on any atom is 0.149 e. The first-order chi connectivity index (χ1) is 9.35. The number of nitrogens with one attached hydrogen (secondary N) is 1. The van der Waals surface area contributed by atoms with Gasteiger partial charge in [0.05, 0.1) is 5.02 Å². The van der Waals surface area contributed by atoms with Crippen molar-refractivity contribution in [1.82, 2.24) is 15.5 Å². The Morgan fingerprint density at radius 3 is 2.65 bits per heavy atom. The Labute approximate surface area is 133 Å². The van der Waals surface area contributed by atoms with Crippen LogP contribution in [0.15, 0.2) is 18.2 Å². The van der Waals surface area contributed by atoms with Crippen molar-refractivity contribution in [3.8, 4) is 10.6 Å². The second-order valence-corrected chi connectivity index (χ2v) is 7.46. The standard InChI is InChI=1S/C14H17Cl2N3S/c1-14(2,3)17-7-6-12-18-19-13(20-12)10-8-9(15)4-5-11(10)16/h4-5,8,17H,6-7H2,1-3H3. The van der Waals surface area contributed by atoms with E-state index in [0.717, 1.165) is 28.5 Å². The Kier molecular flexibility index (Phi) is 5.02. The van der Waals surface area contributed by atoms with Gasteiger partial charge in [-0.05, 0) is 39.0 Å². The highest BCUT2D eigenvalue weighted by Gasteiger charge is 2.12. The Morgan fingerprint density at radius 1 is 1.20 bits per heavy atom. The van der Waals surface area contributed by atoms with E-state index in [1.165, 1.54) is 0 Å². The maximum absolute atomic E-state index is 6.17. The minimum atomic E-state index is 0.115. The molecule has 1 N–H and O–H groups in total. The summed E-state index contributed by atoms with van der Waals surface area (Å²) in [7, 11) is 0. The van der Waals surface area contributed by atoms with E-state index in [1.54, 1.807) is 23.5 Å². The molecule has 0 spiro atoms. The molecule has 108 valence electrons. The topological polar surface area (TPSA) is 37.8 Å². The van der Waals surface area contributed by atoms with E-state index in [9.17, 15) is 0 Å². The number of rotatable bonds is 4. The predicted octanol–water partition coefficient (Wildman–Crippen LogP) is 4.44. The summed E-state index contributed by atoms with van der Waals surface area (Å²) in [4.78, 5) is 0. The smallest absolute Gasteiger partial charge is 0.149 e. The zero-order valence-corrected chi connectivity index (χ0v) is 14.0. The van der Waals surface area contributed by atoms with Crippen LogP contribution < -0.4 is 5.32 Å². The van der Waals surface area contributed by atoms with Crippen LogP contribution in [0.3, 0.4) is 0 Å². The molecule has 2 aromatic rings. The fourth-order valence-corrected chi connectivity index (χ4v) is 2.97. The van der Waals surface area contributed by atoms with Crippen LogP contribution in [0.5, 0.6) is 0 Å². The van der Waals surface area contributed by atoms with Gasteiger partial charge in [0.25, 0.3) is 0 Å². The highest BCUT2D eigenvalue weighted by atomic mass is 35.5. The molecule has 6 heteroatoms. The molecule has 0 bridgehead atoms. The lowest BCUT2D eigenvalue weighted by Crippen LogP contribution is -2.37. The number of nitrogens with zero attached hydrogens (tertiary/aromatic N) is 2. The van der Waals surface area contributed by atoms with Gasteiger partial charge in [0.1, 0.15) is 10.0 Å². The van der Waals surface area contributed by atoms with Gasteiger partial charge in [-0.25, -0.2) is 0 Å². The molecule has 0 aliphatic heterocycles. The average molecular weight is 330 g/mol. The van der Waals surface area contributed by atoms with Gasteiger partial charge in [-0.1, -0.05) is 34.5 Å². The molecule has 0 amide bonds. The molecule has 1 aromatic carbocycles. The molecule has 2 rings (SSSR count). The normalized spacial score (nSPS) is 11.8. The number of hydrogen-bond donors (Lipinski definition) is 1. The van der Waals surface area contributed by atoms with E-state index in [2.05, 4.69) is 36.3 Å². The summed E-state index contributed by atoms with van der Waals surface area (Å²) < 4.78 is 0. The van der Waals surface area contributed by atoms with Crippen LogP contribution in [0.1, 0.15) is 25.8 Å². The van der Waals surface area contributed by atoms with E-state index in [0.29, 0.717) is 10.0 Å². The molecular weight excluding hydrogens is 313 g/mol. The van der Waals surface area contributed by atoms with Crippen LogP contribution in [-0.2, 0) is 6.42 Å². The summed E-state index contributed by atoms with van der Waals surface area (Å²) in [5.74, 6) is 0. The molecule has 3 nitrogen and oxygen atoms in total. The van der Waals surface area contributed by atoms with Gasteiger partial charge < -0.3 is 5.32 Å². The summed E-state index contributed by atoms with van der Waals surface area (Å²) in [5, 5.41) is 14.9. The van der Waals surface area contributed by atoms with Crippen molar-refractivity contribution in [1.29, 1.82) is 0 Å². The lowest BCUT2D eigenvalue weighted by Gasteiger charge is -2.19. The Morgan fingerprint density at radius 2 is 1.95 bits per heavy atom. The van der Waals surface area contributed by atoms with Gasteiger partial charge in [-0.15, -0.1) is 10.2 Å². The lowest BCUT2D eigenvalue weighted by molar-refractivity contribution is 0.429. The summed E-state index contributed by atoms with van der Waals surface area (Å²) in [5.41, 5.74) is 0.954. The summed E-state index contributed by atoms with van der Waals surface area (Å²) in [6.45, 7) is 7.31. The van der Waals surface area contributed by atoms with Crippen molar-refractivity contribution in [3.63, 3.8) is 0 Å². The second-order valence-electron chi connectivity index (χ2n) is 5.55. The maximum atomic E-state index is 6.17. The summed E-state index contributed by atoms with van der Waals surface area (Å²) in [6, 6.07) is 5.37. The van der Waals surface area contributed by atoms with Crippen LogP contribution in [0, 0.1) is 0 Å². The van der Waals surface area contributed by atoms with E-state index in [1.807, 2.05) is 6.07 Å². The third-order valence-corrected chi connectivity index (χ3v) is 4.20. The van der Waals surface area contributed by atoms with Gasteiger partial charge in [0.2, 0.25) is 0 Å². The van der Waals surface area contributed by atoms with Crippen LogP contribution in [0.25, 0.3) is 10.6 Å². The molecule has 1 aromatic heterocycles. The Hall–Kier alpha value is -0.680. The minimum Gasteiger partial charge on any atom is -0.312 e. The van der Waals surface area contributed by atoms with Crippen LogP contribution in [0.2, 0.25) is 10.0 Å². The van der Waals surface area contributed by atoms with E-state index >= 15 is 0 Å². The van der Waals surface area contributed by atoms with Crippen LogP contribution in [0.4, 0.5) is 0 Å². The number of hydrogen-bond acceptors (Lipinski definition) is 4. The first kappa shape index (κ1) is 15.7. The molecule has 0 aliphatic rings. The molecule has 0 atom stereocenters. The van der Waals surface area contributed by atoms with Crippen molar-refractivity contribution in [2.45, 2.75) is 32.7 Å². The zero-order valence-electron chi connectivity index (χ0n) is 11.7. The largest absolute Gasteiger partial charge is 0.312 e.